The summed E-state index contributed by atoms with van der Waals surface area (Å²) in [4.78, 5) is 18.9. The van der Waals surface area contributed by atoms with Crippen molar-refractivity contribution < 1.29 is 14.4 Å². The molecule has 4 nitrogen and oxygen atoms in total. The number of benzene rings is 1. The minimum absolute atomic E-state index is 0.0104. The molecule has 1 amide bonds. The Labute approximate surface area is 144 Å². The minimum Gasteiger partial charge on any atom is -0.493 e. The molecule has 4 rings (SSSR count). The van der Waals surface area contributed by atoms with Crippen LogP contribution in [0.3, 0.4) is 0 Å². The Morgan fingerprint density at radius 2 is 2.00 bits per heavy atom. The highest BCUT2D eigenvalue weighted by atomic mass is 16.7. The zero-order chi connectivity index (χ0) is 16.5. The number of hydroxylamine groups is 2. The molecule has 0 aromatic heterocycles. The summed E-state index contributed by atoms with van der Waals surface area (Å²) in [5, 5.41) is 1.67. The molecule has 2 fully saturated rings. The second-order valence-corrected chi connectivity index (χ2v) is 7.65. The average Bonchev–Trinajstić information content (AvgIpc) is 3.06. The van der Waals surface area contributed by atoms with Gasteiger partial charge in [-0.1, -0.05) is 57.2 Å². The molecule has 4 heteroatoms. The third-order valence-electron chi connectivity index (χ3n) is 5.87. The molecule has 24 heavy (non-hydrogen) atoms. The normalized spacial score (nSPS) is 28.0. The second kappa shape index (κ2) is 6.75. The summed E-state index contributed by atoms with van der Waals surface area (Å²) in [7, 11) is 0. The fraction of sp³-hybridized carbons (Fsp3) is 0.650. The molecule has 2 heterocycles. The number of hydrogen-bond acceptors (Lipinski definition) is 3. The molecule has 3 atom stereocenters. The van der Waals surface area contributed by atoms with Crippen molar-refractivity contribution in [3.8, 4) is 5.75 Å². The summed E-state index contributed by atoms with van der Waals surface area (Å²) < 4.78 is 5.83. The molecule has 130 valence electrons. The minimum atomic E-state index is 0.0104. The number of hydrogen-bond donors (Lipinski definition) is 0. The van der Waals surface area contributed by atoms with E-state index < -0.39 is 0 Å². The third-order valence-corrected chi connectivity index (χ3v) is 5.87. The molecule has 0 bridgehead atoms. The predicted molar refractivity (Wildman–Crippen MR) is 91.3 cm³/mol. The molecule has 1 aromatic rings. The Hall–Kier alpha value is -1.55. The highest BCUT2D eigenvalue weighted by Gasteiger charge is 2.45. The van der Waals surface area contributed by atoms with Crippen molar-refractivity contribution in [2.24, 2.45) is 17.8 Å². The van der Waals surface area contributed by atoms with Gasteiger partial charge in [0.05, 0.1) is 19.3 Å². The quantitative estimate of drug-likeness (QED) is 0.837. The monoisotopic (exact) mass is 329 g/mol. The van der Waals surface area contributed by atoms with Crippen LogP contribution in [-0.2, 0) is 9.63 Å². The van der Waals surface area contributed by atoms with Crippen molar-refractivity contribution in [2.75, 3.05) is 13.2 Å². The number of amides is 1. The van der Waals surface area contributed by atoms with Crippen LogP contribution in [0, 0.1) is 17.8 Å². The molecule has 0 spiro atoms. The Kier molecular flexibility index (Phi) is 4.49. The van der Waals surface area contributed by atoms with Crippen molar-refractivity contribution in [1.29, 1.82) is 0 Å². The lowest BCUT2D eigenvalue weighted by atomic mass is 9.82. The summed E-state index contributed by atoms with van der Waals surface area (Å²) in [5.74, 6) is 2.01. The van der Waals surface area contributed by atoms with Gasteiger partial charge >= 0.3 is 0 Å². The summed E-state index contributed by atoms with van der Waals surface area (Å²) in [6, 6.07) is 8.05. The van der Waals surface area contributed by atoms with Crippen molar-refractivity contribution in [3.63, 3.8) is 0 Å². The summed E-state index contributed by atoms with van der Waals surface area (Å²) >= 11 is 0. The number of rotatable bonds is 3. The molecular formula is C20H27NO3. The van der Waals surface area contributed by atoms with Crippen molar-refractivity contribution in [3.05, 3.63) is 29.8 Å². The van der Waals surface area contributed by atoms with Gasteiger partial charge in [0.15, 0.2) is 0 Å². The zero-order valence-electron chi connectivity index (χ0n) is 14.4. The molecule has 3 aliphatic rings. The Balaban J connectivity index is 1.48. The van der Waals surface area contributed by atoms with Gasteiger partial charge < -0.3 is 4.74 Å². The average molecular weight is 329 g/mol. The van der Waals surface area contributed by atoms with Crippen molar-refractivity contribution >= 4 is 5.91 Å². The topological polar surface area (TPSA) is 38.8 Å². The van der Waals surface area contributed by atoms with Gasteiger partial charge in [-0.05, 0) is 18.4 Å². The fourth-order valence-electron chi connectivity index (χ4n) is 4.55. The largest absolute Gasteiger partial charge is 0.493 e. The van der Waals surface area contributed by atoms with Gasteiger partial charge in [-0.15, -0.1) is 0 Å². The molecule has 1 aromatic carbocycles. The first-order valence-electron chi connectivity index (χ1n) is 9.41. The van der Waals surface area contributed by atoms with Crippen LogP contribution in [0.5, 0.6) is 5.75 Å². The Bertz CT molecular complexity index is 596. The predicted octanol–water partition coefficient (Wildman–Crippen LogP) is 4.12. The zero-order valence-corrected chi connectivity index (χ0v) is 14.4. The second-order valence-electron chi connectivity index (χ2n) is 7.65. The molecule has 0 radical (unpaired) electrons. The highest BCUT2D eigenvalue weighted by Crippen LogP contribution is 2.44. The SMILES string of the molecule is C[C@@H](CC1CCCCC1)C(=O)N1OC[C@@H]2COc3ccccc3[C@@H]21. The first kappa shape index (κ1) is 15.9. The summed E-state index contributed by atoms with van der Waals surface area (Å²) in [6.45, 7) is 3.27. The lowest BCUT2D eigenvalue weighted by molar-refractivity contribution is -0.182. The van der Waals surface area contributed by atoms with Gasteiger partial charge in [0.1, 0.15) is 5.75 Å². The highest BCUT2D eigenvalue weighted by molar-refractivity contribution is 5.78. The molecule has 0 unspecified atom stereocenters. The maximum Gasteiger partial charge on any atom is 0.249 e. The van der Waals surface area contributed by atoms with E-state index in [2.05, 4.69) is 13.0 Å². The lowest BCUT2D eigenvalue weighted by Gasteiger charge is -2.33. The number of ether oxygens (including phenoxy) is 1. The van der Waals surface area contributed by atoms with E-state index >= 15 is 0 Å². The van der Waals surface area contributed by atoms with Crippen LogP contribution in [0.1, 0.15) is 57.1 Å². The van der Waals surface area contributed by atoms with E-state index in [4.69, 9.17) is 9.57 Å². The molecule has 1 saturated carbocycles. The number of fused-ring (bicyclic) bond motifs is 3. The number of para-hydroxylation sites is 1. The Morgan fingerprint density at radius 3 is 2.83 bits per heavy atom. The van der Waals surface area contributed by atoms with E-state index in [1.807, 2.05) is 18.2 Å². The van der Waals surface area contributed by atoms with Gasteiger partial charge in [-0.3, -0.25) is 9.63 Å². The molecular weight excluding hydrogens is 302 g/mol. The maximum atomic E-state index is 13.0. The summed E-state index contributed by atoms with van der Waals surface area (Å²) in [5.41, 5.74) is 1.09. The van der Waals surface area contributed by atoms with E-state index in [1.54, 1.807) is 5.06 Å². The Morgan fingerprint density at radius 1 is 1.21 bits per heavy atom. The first-order valence-corrected chi connectivity index (χ1v) is 9.41. The van der Waals surface area contributed by atoms with E-state index in [-0.39, 0.29) is 23.8 Å². The van der Waals surface area contributed by atoms with E-state index in [1.165, 1.54) is 32.1 Å². The van der Waals surface area contributed by atoms with Crippen LogP contribution in [0.25, 0.3) is 0 Å². The first-order chi connectivity index (χ1) is 11.7. The molecule has 2 aliphatic heterocycles. The molecule has 1 aliphatic carbocycles. The van der Waals surface area contributed by atoms with Crippen LogP contribution in [0.2, 0.25) is 0 Å². The van der Waals surface area contributed by atoms with E-state index in [0.717, 1.165) is 17.7 Å². The van der Waals surface area contributed by atoms with Crippen LogP contribution in [0.15, 0.2) is 24.3 Å². The van der Waals surface area contributed by atoms with Crippen LogP contribution >= 0.6 is 0 Å². The standard InChI is InChI=1S/C20H27NO3/c1-14(11-15-7-3-2-4-8-15)20(22)21-19-16(13-24-21)12-23-18-10-6-5-9-17(18)19/h5-6,9-10,14-16,19H,2-4,7-8,11-13H2,1H3/t14-,16-,19+/m0/s1. The van der Waals surface area contributed by atoms with E-state index in [0.29, 0.717) is 19.1 Å². The van der Waals surface area contributed by atoms with Crippen molar-refractivity contribution in [2.45, 2.75) is 51.5 Å². The van der Waals surface area contributed by atoms with E-state index in [9.17, 15) is 4.79 Å². The fourth-order valence-corrected chi connectivity index (χ4v) is 4.55. The number of carbonyl (C=O) groups is 1. The van der Waals surface area contributed by atoms with Crippen LogP contribution < -0.4 is 4.74 Å². The van der Waals surface area contributed by atoms with Gasteiger partial charge in [0.2, 0.25) is 5.91 Å². The number of carbonyl (C=O) groups excluding carboxylic acids is 1. The third kappa shape index (κ3) is 2.92. The van der Waals surface area contributed by atoms with Crippen molar-refractivity contribution in [1.82, 2.24) is 5.06 Å². The maximum absolute atomic E-state index is 13.0. The van der Waals surface area contributed by atoms with Crippen LogP contribution in [0.4, 0.5) is 0 Å². The van der Waals surface area contributed by atoms with Gasteiger partial charge in [-0.2, -0.15) is 0 Å². The smallest absolute Gasteiger partial charge is 0.249 e. The molecule has 0 N–H and O–H groups in total. The number of nitrogens with zero attached hydrogens (tertiary/aromatic N) is 1. The molecule has 1 saturated heterocycles. The van der Waals surface area contributed by atoms with Crippen LogP contribution in [-0.4, -0.2) is 24.2 Å². The van der Waals surface area contributed by atoms with Gasteiger partial charge in [0, 0.05) is 17.4 Å². The van der Waals surface area contributed by atoms with Gasteiger partial charge in [0.25, 0.3) is 0 Å². The van der Waals surface area contributed by atoms with Gasteiger partial charge in [-0.25, -0.2) is 5.06 Å². The lowest BCUT2D eigenvalue weighted by Crippen LogP contribution is -2.38. The summed E-state index contributed by atoms with van der Waals surface area (Å²) in [6.07, 6.45) is 7.55.